The molecule has 1 saturated heterocycles. The van der Waals surface area contributed by atoms with Crippen molar-refractivity contribution in [1.29, 1.82) is 0 Å². The van der Waals surface area contributed by atoms with E-state index in [1.165, 1.54) is 63.1 Å². The summed E-state index contributed by atoms with van der Waals surface area (Å²) >= 11 is -2.72. The first-order valence-electron chi connectivity index (χ1n) is 17.1. The minimum absolute atomic E-state index is 0. The van der Waals surface area contributed by atoms with Crippen molar-refractivity contribution in [3.05, 3.63) is 117 Å². The summed E-state index contributed by atoms with van der Waals surface area (Å²) in [5.74, 6) is 0. The molecule has 4 aromatic carbocycles. The number of aryl methyl sites for hydroxylation is 2. The predicted octanol–water partition coefficient (Wildman–Crippen LogP) is 5.36. The summed E-state index contributed by atoms with van der Waals surface area (Å²) in [6.45, 7) is 24.4. The van der Waals surface area contributed by atoms with Crippen LogP contribution in [0, 0.1) is 13.8 Å². The van der Waals surface area contributed by atoms with Crippen molar-refractivity contribution in [2.45, 2.75) is 82.5 Å². The van der Waals surface area contributed by atoms with Gasteiger partial charge in [0.25, 0.3) is 0 Å². The fraction of sp³-hybridized carbons (Fsp3) is 0.333. The Hall–Kier alpha value is -1.74. The Balaban J connectivity index is 0.00000217. The van der Waals surface area contributed by atoms with Crippen molar-refractivity contribution >= 4 is 38.7 Å². The molecule has 1 aliphatic heterocycles. The van der Waals surface area contributed by atoms with Gasteiger partial charge < -0.3 is 24.8 Å². The molecule has 0 bridgehead atoms. The van der Waals surface area contributed by atoms with Crippen LogP contribution in [0.3, 0.4) is 0 Å². The Labute approximate surface area is 303 Å². The van der Waals surface area contributed by atoms with E-state index in [0.717, 1.165) is 0 Å². The molecular weight excluding hydrogens is 723 g/mol. The quantitative estimate of drug-likeness (QED) is 0.232. The Kier molecular flexibility index (Phi) is 9.99. The van der Waals surface area contributed by atoms with Crippen molar-refractivity contribution < 1.29 is 45.1 Å². The van der Waals surface area contributed by atoms with Gasteiger partial charge in [0.15, 0.2) is 0 Å². The van der Waals surface area contributed by atoms with Crippen molar-refractivity contribution in [3.8, 4) is 22.3 Å². The summed E-state index contributed by atoms with van der Waals surface area (Å²) < 4.78 is 4.35. The number of hydrogen-bond donors (Lipinski definition) is 0. The van der Waals surface area contributed by atoms with Gasteiger partial charge in [-0.05, 0) is 0 Å². The van der Waals surface area contributed by atoms with Crippen molar-refractivity contribution in [2.24, 2.45) is 0 Å². The van der Waals surface area contributed by atoms with E-state index in [9.17, 15) is 0 Å². The number of rotatable bonds is 6. The molecule has 0 radical (unpaired) electrons. The molecule has 2 atom stereocenters. The molecule has 0 N–H and O–H groups in total. The average molecular weight is 773 g/mol. The second kappa shape index (κ2) is 12.9. The molecule has 47 heavy (non-hydrogen) atoms. The summed E-state index contributed by atoms with van der Waals surface area (Å²) in [7, 11) is -2.65. The molecule has 0 aromatic heterocycles. The van der Waals surface area contributed by atoms with Gasteiger partial charge in [-0.15, -0.1) is 0 Å². The standard InChI is InChI=1S/2C20H23Si.C2H4.2ClH.Zr/c2*1-14-12-19-15(2)6-11-18(20(19)13-14)16-7-9-17(10-8-16)21(3,4)5;1-2;;;/h2*6-13H,1-5H3;1-2H2;2*1H;/q;;;;;+2/p-2. The van der Waals surface area contributed by atoms with Crippen LogP contribution in [-0.2, 0) is 20.3 Å². The van der Waals surface area contributed by atoms with Crippen molar-refractivity contribution in [3.63, 3.8) is 0 Å². The maximum Gasteiger partial charge on any atom is -1.00 e. The zero-order chi connectivity index (χ0) is 32.1. The van der Waals surface area contributed by atoms with E-state index < -0.39 is 36.4 Å². The van der Waals surface area contributed by atoms with Gasteiger partial charge in [0.2, 0.25) is 0 Å². The zero-order valence-corrected chi connectivity index (χ0v) is 35.9. The molecule has 244 valence electrons. The van der Waals surface area contributed by atoms with Gasteiger partial charge in [-0.1, -0.05) is 0 Å². The van der Waals surface area contributed by atoms with Gasteiger partial charge in [0, 0.05) is 0 Å². The molecule has 0 saturated carbocycles. The topological polar surface area (TPSA) is 0 Å². The molecule has 1 fully saturated rings. The minimum atomic E-state index is -2.72. The number of fused-ring (bicyclic) bond motifs is 2. The Bertz CT molecular complexity index is 1760. The molecule has 3 aliphatic rings. The molecule has 0 amide bonds. The van der Waals surface area contributed by atoms with Crippen LogP contribution in [0.5, 0.6) is 0 Å². The summed E-state index contributed by atoms with van der Waals surface area (Å²) in [6.07, 6.45) is 5.20. The van der Waals surface area contributed by atoms with Crippen LogP contribution in [0.15, 0.2) is 83.9 Å². The molecule has 0 spiro atoms. The number of halogens is 2. The normalized spacial score (nSPS) is 18.5. The maximum absolute atomic E-state index is 2.72. The van der Waals surface area contributed by atoms with Crippen LogP contribution in [0.2, 0.25) is 47.5 Å². The third-order valence-electron chi connectivity index (χ3n) is 11.3. The van der Waals surface area contributed by atoms with Gasteiger partial charge in [-0.25, -0.2) is 0 Å². The molecule has 0 nitrogen and oxygen atoms in total. The first-order chi connectivity index (χ1) is 21.2. The van der Waals surface area contributed by atoms with Crippen molar-refractivity contribution in [2.75, 3.05) is 0 Å². The summed E-state index contributed by atoms with van der Waals surface area (Å²) in [4.78, 5) is 0. The van der Waals surface area contributed by atoms with Gasteiger partial charge >= 0.3 is 281 Å². The van der Waals surface area contributed by atoms with E-state index >= 15 is 0 Å². The van der Waals surface area contributed by atoms with E-state index in [4.69, 9.17) is 0 Å². The van der Waals surface area contributed by atoms with Crippen LogP contribution in [0.1, 0.15) is 54.5 Å². The second-order valence-corrected chi connectivity index (χ2v) is 38.1. The van der Waals surface area contributed by atoms with Crippen LogP contribution in [0.4, 0.5) is 0 Å². The predicted molar refractivity (Wildman–Crippen MR) is 202 cm³/mol. The molecule has 2 unspecified atom stereocenters. The molecule has 2 aliphatic carbocycles. The summed E-state index contributed by atoms with van der Waals surface area (Å²) in [6, 6.07) is 28.9. The van der Waals surface area contributed by atoms with Gasteiger partial charge in [-0.3, -0.25) is 0 Å². The largest absolute Gasteiger partial charge is 1.00 e. The van der Waals surface area contributed by atoms with Crippen LogP contribution in [0.25, 0.3) is 34.4 Å². The Morgan fingerprint density at radius 3 is 1.13 bits per heavy atom. The number of hydrogen-bond acceptors (Lipinski definition) is 0. The van der Waals surface area contributed by atoms with Crippen LogP contribution >= 0.6 is 0 Å². The van der Waals surface area contributed by atoms with Crippen molar-refractivity contribution in [1.82, 2.24) is 0 Å². The molecule has 1 heterocycles. The smallest absolute Gasteiger partial charge is 1.00 e. The first kappa shape index (κ1) is 36.5. The monoisotopic (exact) mass is 770 g/mol. The van der Waals surface area contributed by atoms with E-state index in [1.54, 1.807) is 22.3 Å². The summed E-state index contributed by atoms with van der Waals surface area (Å²) in [5.41, 5.74) is 18.3. The maximum atomic E-state index is 2.60. The number of benzene rings is 4. The Morgan fingerprint density at radius 1 is 0.489 bits per heavy atom. The minimum Gasteiger partial charge on any atom is -1.00 e. The molecular formula is C42H50Cl2Si2Zr. The van der Waals surface area contributed by atoms with E-state index in [-0.39, 0.29) is 24.8 Å². The SMILES string of the molecule is CC1=Cc2c(-c3ccc([Si](C)(C)C)cc3)ccc(C)c2[CH]1[Zr+2]1([CH]2C(C)=Cc3c(-c4ccc([Si](C)(C)C)cc4)ccc(C)c32)[CH2][CH2]1.[Cl-].[Cl-]. The summed E-state index contributed by atoms with van der Waals surface area (Å²) in [5, 5.41) is 3.08. The third-order valence-corrected chi connectivity index (χ3v) is 28.9. The van der Waals surface area contributed by atoms with Crippen LogP contribution < -0.4 is 35.2 Å². The second-order valence-electron chi connectivity index (χ2n) is 16.5. The third kappa shape index (κ3) is 6.16. The van der Waals surface area contributed by atoms with Gasteiger partial charge in [-0.2, -0.15) is 0 Å². The average Bonchev–Trinajstić information content (AvgIpc) is 3.55. The fourth-order valence-electron chi connectivity index (χ4n) is 8.82. The zero-order valence-electron chi connectivity index (χ0n) is 29.9. The van der Waals surface area contributed by atoms with E-state index in [0.29, 0.717) is 7.25 Å². The molecule has 5 heteroatoms. The Morgan fingerprint density at radius 2 is 0.830 bits per heavy atom. The number of allylic oxidation sites excluding steroid dienone is 2. The van der Waals surface area contributed by atoms with Gasteiger partial charge in [0.1, 0.15) is 0 Å². The molecule has 4 aromatic rings. The van der Waals surface area contributed by atoms with Gasteiger partial charge in [0.05, 0.1) is 0 Å². The fourth-order valence-corrected chi connectivity index (χ4v) is 29.3. The van der Waals surface area contributed by atoms with Crippen LogP contribution in [-0.4, -0.2) is 16.1 Å². The van der Waals surface area contributed by atoms with E-state index in [1.807, 2.05) is 0 Å². The van der Waals surface area contributed by atoms with E-state index in [2.05, 4.69) is 152 Å². The first-order valence-corrected chi connectivity index (χ1v) is 30.4. The molecule has 7 rings (SSSR count).